The van der Waals surface area contributed by atoms with Gasteiger partial charge in [0.15, 0.2) is 0 Å². The fourth-order valence-electron chi connectivity index (χ4n) is 2.67. The maximum absolute atomic E-state index is 12.4. The second-order valence-electron chi connectivity index (χ2n) is 5.90. The molecular formula is C17H26N2O3. The van der Waals surface area contributed by atoms with Crippen LogP contribution in [0, 0.1) is 5.92 Å². The third kappa shape index (κ3) is 4.63. The van der Waals surface area contributed by atoms with E-state index in [0.717, 1.165) is 37.2 Å². The molecule has 1 aliphatic rings. The zero-order valence-corrected chi connectivity index (χ0v) is 13.4. The van der Waals surface area contributed by atoms with Crippen molar-refractivity contribution in [2.24, 2.45) is 5.92 Å². The second kappa shape index (κ2) is 8.03. The summed E-state index contributed by atoms with van der Waals surface area (Å²) < 4.78 is 5.57. The van der Waals surface area contributed by atoms with Gasteiger partial charge in [-0.05, 0) is 38.3 Å². The number of piperidine rings is 1. The number of urea groups is 1. The highest BCUT2D eigenvalue weighted by atomic mass is 16.5. The number of hydrogen-bond acceptors (Lipinski definition) is 3. The van der Waals surface area contributed by atoms with Gasteiger partial charge in [0.05, 0.1) is 12.7 Å². The SMILES string of the molecule is CCCOc1cccc(NC(=O)N2CCCC(C(C)O)C2)c1. The van der Waals surface area contributed by atoms with Gasteiger partial charge in [-0.25, -0.2) is 4.79 Å². The Hall–Kier alpha value is -1.75. The van der Waals surface area contributed by atoms with Gasteiger partial charge < -0.3 is 20.1 Å². The van der Waals surface area contributed by atoms with Crippen molar-refractivity contribution in [3.05, 3.63) is 24.3 Å². The predicted octanol–water partition coefficient (Wildman–Crippen LogP) is 3.10. The number of carbonyl (C=O) groups excluding carboxylic acids is 1. The van der Waals surface area contributed by atoms with Gasteiger partial charge in [0.2, 0.25) is 0 Å². The molecule has 2 atom stereocenters. The van der Waals surface area contributed by atoms with Crippen LogP contribution in [-0.2, 0) is 0 Å². The Bertz CT molecular complexity index is 491. The number of ether oxygens (including phenoxy) is 1. The zero-order chi connectivity index (χ0) is 15.9. The molecule has 0 bridgehead atoms. The number of carbonyl (C=O) groups is 1. The Morgan fingerprint density at radius 1 is 1.55 bits per heavy atom. The van der Waals surface area contributed by atoms with Crippen molar-refractivity contribution in [3.63, 3.8) is 0 Å². The van der Waals surface area contributed by atoms with Crippen molar-refractivity contribution in [1.29, 1.82) is 0 Å². The fraction of sp³-hybridized carbons (Fsp3) is 0.588. The van der Waals surface area contributed by atoms with E-state index in [0.29, 0.717) is 13.2 Å². The zero-order valence-electron chi connectivity index (χ0n) is 13.4. The highest BCUT2D eigenvalue weighted by molar-refractivity contribution is 5.89. The van der Waals surface area contributed by atoms with Crippen LogP contribution in [0.4, 0.5) is 10.5 Å². The van der Waals surface area contributed by atoms with Crippen LogP contribution in [0.25, 0.3) is 0 Å². The number of amides is 2. The summed E-state index contributed by atoms with van der Waals surface area (Å²) in [6, 6.07) is 7.33. The smallest absolute Gasteiger partial charge is 0.321 e. The number of hydrogen-bond donors (Lipinski definition) is 2. The quantitative estimate of drug-likeness (QED) is 0.878. The molecule has 1 saturated heterocycles. The first-order valence-electron chi connectivity index (χ1n) is 8.07. The second-order valence-corrected chi connectivity index (χ2v) is 5.90. The first-order chi connectivity index (χ1) is 10.6. The van der Waals surface area contributed by atoms with Crippen molar-refractivity contribution < 1.29 is 14.6 Å². The van der Waals surface area contributed by atoms with Crippen LogP contribution in [0.3, 0.4) is 0 Å². The summed E-state index contributed by atoms with van der Waals surface area (Å²) in [4.78, 5) is 14.1. The van der Waals surface area contributed by atoms with E-state index in [1.54, 1.807) is 11.8 Å². The van der Waals surface area contributed by atoms with Crippen LogP contribution in [0.1, 0.15) is 33.1 Å². The van der Waals surface area contributed by atoms with Gasteiger partial charge in [-0.15, -0.1) is 0 Å². The number of rotatable bonds is 5. The van der Waals surface area contributed by atoms with Crippen molar-refractivity contribution in [2.75, 3.05) is 25.0 Å². The molecule has 0 aliphatic carbocycles. The lowest BCUT2D eigenvalue weighted by Crippen LogP contribution is -2.44. The third-order valence-electron chi connectivity index (χ3n) is 3.99. The van der Waals surface area contributed by atoms with Crippen LogP contribution in [0.2, 0.25) is 0 Å². The van der Waals surface area contributed by atoms with E-state index in [4.69, 9.17) is 4.74 Å². The Balaban J connectivity index is 1.93. The van der Waals surface area contributed by atoms with E-state index < -0.39 is 0 Å². The summed E-state index contributed by atoms with van der Waals surface area (Å²) in [5.41, 5.74) is 0.734. The van der Waals surface area contributed by atoms with Crippen molar-refractivity contribution in [3.8, 4) is 5.75 Å². The highest BCUT2D eigenvalue weighted by Gasteiger charge is 2.26. The topological polar surface area (TPSA) is 61.8 Å². The molecule has 22 heavy (non-hydrogen) atoms. The highest BCUT2D eigenvalue weighted by Crippen LogP contribution is 2.22. The molecule has 122 valence electrons. The minimum atomic E-state index is -0.374. The molecule has 5 nitrogen and oxygen atoms in total. The molecule has 0 aromatic heterocycles. The number of anilines is 1. The van der Waals surface area contributed by atoms with Crippen molar-refractivity contribution >= 4 is 11.7 Å². The van der Waals surface area contributed by atoms with Gasteiger partial charge in [0.1, 0.15) is 5.75 Å². The molecule has 1 heterocycles. The molecule has 1 fully saturated rings. The molecule has 0 spiro atoms. The van der Waals surface area contributed by atoms with Gasteiger partial charge in [-0.1, -0.05) is 13.0 Å². The first kappa shape index (κ1) is 16.6. The standard InChI is InChI=1S/C17H26N2O3/c1-3-10-22-16-8-4-7-15(11-16)18-17(21)19-9-5-6-14(12-19)13(2)20/h4,7-8,11,13-14,20H,3,5-6,9-10,12H2,1-2H3,(H,18,21). The summed E-state index contributed by atoms with van der Waals surface area (Å²) >= 11 is 0. The molecule has 1 aliphatic heterocycles. The lowest BCUT2D eigenvalue weighted by molar-refractivity contribution is 0.0766. The van der Waals surface area contributed by atoms with Gasteiger partial charge in [-0.3, -0.25) is 0 Å². The number of aliphatic hydroxyl groups is 1. The van der Waals surface area contributed by atoms with E-state index >= 15 is 0 Å². The Morgan fingerprint density at radius 3 is 3.09 bits per heavy atom. The Kier molecular flexibility index (Phi) is 6.07. The van der Waals surface area contributed by atoms with E-state index in [1.165, 1.54) is 0 Å². The number of benzene rings is 1. The van der Waals surface area contributed by atoms with Crippen molar-refractivity contribution in [1.82, 2.24) is 4.90 Å². The third-order valence-corrected chi connectivity index (χ3v) is 3.99. The molecule has 0 radical (unpaired) electrons. The van der Waals surface area contributed by atoms with Gasteiger partial charge in [-0.2, -0.15) is 0 Å². The van der Waals surface area contributed by atoms with Crippen LogP contribution < -0.4 is 10.1 Å². The van der Waals surface area contributed by atoms with Crippen LogP contribution in [-0.4, -0.2) is 41.8 Å². The Morgan fingerprint density at radius 2 is 2.36 bits per heavy atom. The lowest BCUT2D eigenvalue weighted by atomic mass is 9.94. The lowest BCUT2D eigenvalue weighted by Gasteiger charge is -2.34. The van der Waals surface area contributed by atoms with Crippen molar-refractivity contribution in [2.45, 2.75) is 39.2 Å². The fourth-order valence-corrected chi connectivity index (χ4v) is 2.67. The normalized spacial score (nSPS) is 19.6. The van der Waals surface area contributed by atoms with E-state index in [-0.39, 0.29) is 18.1 Å². The van der Waals surface area contributed by atoms with E-state index in [9.17, 15) is 9.90 Å². The molecule has 0 saturated carbocycles. The summed E-state index contributed by atoms with van der Waals surface area (Å²) in [5.74, 6) is 0.930. The predicted molar refractivity (Wildman–Crippen MR) is 87.2 cm³/mol. The minimum absolute atomic E-state index is 0.113. The van der Waals surface area contributed by atoms with Crippen LogP contribution in [0.15, 0.2) is 24.3 Å². The summed E-state index contributed by atoms with van der Waals surface area (Å²) in [5, 5.41) is 12.6. The van der Waals surface area contributed by atoms with Gasteiger partial charge >= 0.3 is 6.03 Å². The van der Waals surface area contributed by atoms with Crippen LogP contribution in [0.5, 0.6) is 5.75 Å². The molecule has 2 N–H and O–H groups in total. The van der Waals surface area contributed by atoms with Gasteiger partial charge in [0, 0.05) is 30.8 Å². The molecule has 2 amide bonds. The summed E-state index contributed by atoms with van der Waals surface area (Å²) in [6.07, 6.45) is 2.48. The van der Waals surface area contributed by atoms with Crippen LogP contribution >= 0.6 is 0 Å². The first-order valence-corrected chi connectivity index (χ1v) is 8.07. The Labute approximate surface area is 132 Å². The number of aliphatic hydroxyl groups excluding tert-OH is 1. The maximum atomic E-state index is 12.4. The number of likely N-dealkylation sites (tertiary alicyclic amines) is 1. The monoisotopic (exact) mass is 306 g/mol. The van der Waals surface area contributed by atoms with E-state index in [1.807, 2.05) is 24.3 Å². The largest absolute Gasteiger partial charge is 0.494 e. The molecular weight excluding hydrogens is 280 g/mol. The van der Waals surface area contributed by atoms with E-state index in [2.05, 4.69) is 12.2 Å². The average Bonchev–Trinajstić information content (AvgIpc) is 2.53. The molecule has 1 aromatic rings. The molecule has 5 heteroatoms. The molecule has 2 unspecified atom stereocenters. The number of nitrogens with one attached hydrogen (secondary N) is 1. The molecule has 1 aromatic carbocycles. The summed E-state index contributed by atoms with van der Waals surface area (Å²) in [6.45, 7) is 5.86. The number of nitrogens with zero attached hydrogens (tertiary/aromatic N) is 1. The minimum Gasteiger partial charge on any atom is -0.494 e. The summed E-state index contributed by atoms with van der Waals surface area (Å²) in [7, 11) is 0. The van der Waals surface area contributed by atoms with Gasteiger partial charge in [0.25, 0.3) is 0 Å². The maximum Gasteiger partial charge on any atom is 0.321 e. The average molecular weight is 306 g/mol. The molecule has 2 rings (SSSR count).